The van der Waals surface area contributed by atoms with E-state index in [1.54, 1.807) is 0 Å². The predicted octanol–water partition coefficient (Wildman–Crippen LogP) is 3.00. The summed E-state index contributed by atoms with van der Waals surface area (Å²) in [6.45, 7) is 2.31. The zero-order valence-corrected chi connectivity index (χ0v) is 11.8. The van der Waals surface area contributed by atoms with E-state index in [1.807, 2.05) is 55.5 Å². The average Bonchev–Trinajstić information content (AvgIpc) is 2.90. The lowest BCUT2D eigenvalue weighted by molar-refractivity contribution is -0.120. The molecule has 0 saturated carbocycles. The summed E-state index contributed by atoms with van der Waals surface area (Å²) in [5.41, 5.74) is 3.70. The normalized spacial score (nSPS) is 10.7. The Labute approximate surface area is 122 Å². The molecule has 0 aliphatic heterocycles. The van der Waals surface area contributed by atoms with E-state index in [2.05, 4.69) is 10.3 Å². The molecule has 0 saturated heterocycles. The Hall–Kier alpha value is -2.62. The van der Waals surface area contributed by atoms with Gasteiger partial charge in [0, 0.05) is 0 Å². The fraction of sp³-hybridized carbons (Fsp3) is 0.176. The molecule has 3 rings (SSSR count). The molecule has 0 aliphatic rings. The Balaban J connectivity index is 1.62. The maximum absolute atomic E-state index is 12.0. The van der Waals surface area contributed by atoms with Crippen LogP contribution in [0.5, 0.6) is 0 Å². The van der Waals surface area contributed by atoms with Crippen molar-refractivity contribution < 1.29 is 9.21 Å². The number of hydrogen-bond donors (Lipinski definition) is 1. The van der Waals surface area contributed by atoms with E-state index >= 15 is 0 Å². The summed E-state index contributed by atoms with van der Waals surface area (Å²) in [5, 5.41) is 2.84. The van der Waals surface area contributed by atoms with Gasteiger partial charge in [0.15, 0.2) is 5.58 Å². The third-order valence-electron chi connectivity index (χ3n) is 3.39. The number of nitrogens with zero attached hydrogens (tertiary/aromatic N) is 1. The summed E-state index contributed by atoms with van der Waals surface area (Å²) in [6.07, 6.45) is 0.368. The van der Waals surface area contributed by atoms with E-state index in [-0.39, 0.29) is 5.91 Å². The predicted molar refractivity (Wildman–Crippen MR) is 80.7 cm³/mol. The van der Waals surface area contributed by atoms with E-state index in [0.29, 0.717) is 18.9 Å². The average molecular weight is 280 g/mol. The molecule has 21 heavy (non-hydrogen) atoms. The van der Waals surface area contributed by atoms with E-state index < -0.39 is 0 Å². The Morgan fingerprint density at radius 2 is 1.90 bits per heavy atom. The number of para-hydroxylation sites is 2. The summed E-state index contributed by atoms with van der Waals surface area (Å²) in [6, 6.07) is 15.4. The van der Waals surface area contributed by atoms with Crippen molar-refractivity contribution in [3.8, 4) is 0 Å². The molecule has 2 aromatic carbocycles. The highest BCUT2D eigenvalue weighted by Gasteiger charge is 2.08. The number of fused-ring (bicyclic) bond motifs is 1. The highest BCUT2D eigenvalue weighted by molar-refractivity contribution is 5.79. The summed E-state index contributed by atoms with van der Waals surface area (Å²) in [4.78, 5) is 16.3. The number of benzene rings is 2. The number of amides is 1. The number of aryl methyl sites for hydroxylation is 1. The smallest absolute Gasteiger partial charge is 0.224 e. The van der Waals surface area contributed by atoms with E-state index in [1.165, 1.54) is 0 Å². The number of aromatic nitrogens is 1. The zero-order chi connectivity index (χ0) is 14.7. The highest BCUT2D eigenvalue weighted by atomic mass is 16.3. The fourth-order valence-corrected chi connectivity index (χ4v) is 2.21. The van der Waals surface area contributed by atoms with Crippen molar-refractivity contribution in [2.45, 2.75) is 19.9 Å². The number of carbonyl (C=O) groups excluding carboxylic acids is 1. The summed E-state index contributed by atoms with van der Waals surface area (Å²) in [5.74, 6) is 0.487. The second-order valence-corrected chi connectivity index (χ2v) is 4.96. The van der Waals surface area contributed by atoms with Gasteiger partial charge in [0.1, 0.15) is 5.52 Å². The lowest BCUT2D eigenvalue weighted by atomic mass is 10.1. The minimum atomic E-state index is -0.0356. The molecule has 4 nitrogen and oxygen atoms in total. The highest BCUT2D eigenvalue weighted by Crippen LogP contribution is 2.14. The first-order chi connectivity index (χ1) is 10.2. The first-order valence-corrected chi connectivity index (χ1v) is 6.88. The number of nitrogens with one attached hydrogen (secondary N) is 1. The number of carbonyl (C=O) groups is 1. The lowest BCUT2D eigenvalue weighted by Crippen LogP contribution is -2.24. The molecule has 0 fully saturated rings. The third kappa shape index (κ3) is 3.11. The van der Waals surface area contributed by atoms with Gasteiger partial charge in [0.25, 0.3) is 0 Å². The van der Waals surface area contributed by atoms with Gasteiger partial charge in [0.05, 0.1) is 13.0 Å². The molecule has 3 aromatic rings. The van der Waals surface area contributed by atoms with Crippen LogP contribution in [0.1, 0.15) is 17.0 Å². The van der Waals surface area contributed by atoms with Gasteiger partial charge in [-0.2, -0.15) is 0 Å². The SMILES string of the molecule is Cc1ccccc1CC(=O)NCc1nc2ccccc2o1. The minimum Gasteiger partial charge on any atom is -0.439 e. The van der Waals surface area contributed by atoms with Crippen LogP contribution >= 0.6 is 0 Å². The standard InChI is InChI=1S/C17H16N2O2/c1-12-6-2-3-7-13(12)10-16(20)18-11-17-19-14-8-4-5-9-15(14)21-17/h2-9H,10-11H2,1H3,(H,18,20). The van der Waals surface area contributed by atoms with Crippen LogP contribution in [-0.2, 0) is 17.8 Å². The second kappa shape index (κ2) is 5.79. The third-order valence-corrected chi connectivity index (χ3v) is 3.39. The van der Waals surface area contributed by atoms with Crippen LogP contribution < -0.4 is 5.32 Å². The first-order valence-electron chi connectivity index (χ1n) is 6.88. The van der Waals surface area contributed by atoms with Gasteiger partial charge in [-0.15, -0.1) is 0 Å². The number of rotatable bonds is 4. The van der Waals surface area contributed by atoms with Crippen LogP contribution in [0.25, 0.3) is 11.1 Å². The zero-order valence-electron chi connectivity index (χ0n) is 11.8. The van der Waals surface area contributed by atoms with Crippen LogP contribution in [0.2, 0.25) is 0 Å². The molecule has 0 aliphatic carbocycles. The molecule has 4 heteroatoms. The maximum Gasteiger partial charge on any atom is 0.224 e. The van der Waals surface area contributed by atoms with Crippen molar-refractivity contribution in [3.63, 3.8) is 0 Å². The van der Waals surface area contributed by atoms with Crippen molar-refractivity contribution in [2.75, 3.05) is 0 Å². The van der Waals surface area contributed by atoms with Crippen molar-refractivity contribution in [1.82, 2.24) is 10.3 Å². The van der Waals surface area contributed by atoms with Crippen LogP contribution in [-0.4, -0.2) is 10.9 Å². The van der Waals surface area contributed by atoms with Crippen LogP contribution in [0.15, 0.2) is 52.9 Å². The number of hydrogen-bond acceptors (Lipinski definition) is 3. The van der Waals surface area contributed by atoms with Crippen molar-refractivity contribution in [2.24, 2.45) is 0 Å². The maximum atomic E-state index is 12.0. The molecule has 1 heterocycles. The lowest BCUT2D eigenvalue weighted by Gasteiger charge is -2.05. The van der Waals surface area contributed by atoms with Crippen molar-refractivity contribution in [1.29, 1.82) is 0 Å². The Morgan fingerprint density at radius 1 is 1.14 bits per heavy atom. The van der Waals surface area contributed by atoms with Crippen molar-refractivity contribution >= 4 is 17.0 Å². The number of oxazole rings is 1. The first kappa shape index (κ1) is 13.4. The van der Waals surface area contributed by atoms with E-state index in [9.17, 15) is 4.79 Å². The molecule has 1 N–H and O–H groups in total. The Bertz CT molecular complexity index is 744. The fourth-order valence-electron chi connectivity index (χ4n) is 2.21. The molecule has 1 aromatic heterocycles. The van der Waals surface area contributed by atoms with Gasteiger partial charge < -0.3 is 9.73 Å². The van der Waals surface area contributed by atoms with Gasteiger partial charge in [-0.3, -0.25) is 4.79 Å². The topological polar surface area (TPSA) is 55.1 Å². The second-order valence-electron chi connectivity index (χ2n) is 4.96. The quantitative estimate of drug-likeness (QED) is 0.799. The molecule has 106 valence electrons. The van der Waals surface area contributed by atoms with Crippen LogP contribution in [0.3, 0.4) is 0 Å². The molecule has 0 spiro atoms. The monoisotopic (exact) mass is 280 g/mol. The summed E-state index contributed by atoms with van der Waals surface area (Å²) in [7, 11) is 0. The Kier molecular flexibility index (Phi) is 3.69. The van der Waals surface area contributed by atoms with Crippen LogP contribution in [0, 0.1) is 6.92 Å². The van der Waals surface area contributed by atoms with Gasteiger partial charge in [-0.1, -0.05) is 36.4 Å². The molecule has 0 unspecified atom stereocenters. The van der Waals surface area contributed by atoms with Gasteiger partial charge in [-0.25, -0.2) is 4.98 Å². The minimum absolute atomic E-state index is 0.0356. The largest absolute Gasteiger partial charge is 0.439 e. The molecular formula is C17H16N2O2. The van der Waals surface area contributed by atoms with Gasteiger partial charge in [-0.05, 0) is 30.2 Å². The van der Waals surface area contributed by atoms with Crippen molar-refractivity contribution in [3.05, 3.63) is 65.5 Å². The summed E-state index contributed by atoms with van der Waals surface area (Å²) >= 11 is 0. The molecule has 1 amide bonds. The molecule has 0 bridgehead atoms. The van der Waals surface area contributed by atoms with Crippen LogP contribution in [0.4, 0.5) is 0 Å². The molecule has 0 atom stereocenters. The van der Waals surface area contributed by atoms with E-state index in [0.717, 1.165) is 22.2 Å². The Morgan fingerprint density at radius 3 is 2.71 bits per heavy atom. The molecule has 0 radical (unpaired) electrons. The molecular weight excluding hydrogens is 264 g/mol. The van der Waals surface area contributed by atoms with E-state index in [4.69, 9.17) is 4.42 Å². The van der Waals surface area contributed by atoms with Gasteiger partial charge >= 0.3 is 0 Å². The van der Waals surface area contributed by atoms with Gasteiger partial charge in [0.2, 0.25) is 11.8 Å². The summed E-state index contributed by atoms with van der Waals surface area (Å²) < 4.78 is 5.57.